The first-order valence-electron chi connectivity index (χ1n) is 4.05. The normalized spacial score (nSPS) is 11.9. The summed E-state index contributed by atoms with van der Waals surface area (Å²) in [4.78, 5) is 11.4. The van der Waals surface area contributed by atoms with Gasteiger partial charge in [0, 0.05) is 0 Å². The van der Waals surface area contributed by atoms with Crippen molar-refractivity contribution >= 4 is 17.4 Å². The van der Waals surface area contributed by atoms with Crippen molar-refractivity contribution in [3.05, 3.63) is 34.4 Å². The molecule has 0 aliphatic heterocycles. The van der Waals surface area contributed by atoms with E-state index in [0.717, 1.165) is 0 Å². The Morgan fingerprint density at radius 3 is 2.60 bits per heavy atom. The molecule has 0 saturated carbocycles. The fourth-order valence-electron chi connectivity index (χ4n) is 1.00. The summed E-state index contributed by atoms with van der Waals surface area (Å²) in [5, 5.41) is 8.07. The Balaban J connectivity index is 3.22. The van der Waals surface area contributed by atoms with Gasteiger partial charge < -0.3 is 0 Å². The predicted molar refractivity (Wildman–Crippen MR) is 50.5 cm³/mol. The first-order valence-corrected chi connectivity index (χ1v) is 4.43. The molecule has 0 aliphatic carbocycles. The number of halogens is 3. The number of carbonyl (C=O) groups is 1. The summed E-state index contributed by atoms with van der Waals surface area (Å²) >= 11 is 5.31. The molecule has 1 aromatic carbocycles. The Bertz CT molecular complexity index is 453. The van der Waals surface area contributed by atoms with E-state index in [-0.39, 0.29) is 0 Å². The minimum Gasteiger partial charge on any atom is -0.293 e. The lowest BCUT2D eigenvalue weighted by Gasteiger charge is -2.04. The van der Waals surface area contributed by atoms with Crippen LogP contribution in [-0.2, 0) is 0 Å². The Kier molecular flexibility index (Phi) is 3.38. The van der Waals surface area contributed by atoms with Crippen LogP contribution in [0.3, 0.4) is 0 Å². The number of nitrogens with zero attached hydrogens (tertiary/aromatic N) is 1. The van der Waals surface area contributed by atoms with Crippen LogP contribution in [0.15, 0.2) is 12.1 Å². The van der Waals surface area contributed by atoms with Gasteiger partial charge in [-0.05, 0) is 19.1 Å². The highest BCUT2D eigenvalue weighted by Gasteiger charge is 2.20. The van der Waals surface area contributed by atoms with Crippen molar-refractivity contribution < 1.29 is 13.6 Å². The van der Waals surface area contributed by atoms with Gasteiger partial charge in [0.2, 0.25) is 0 Å². The third kappa shape index (κ3) is 2.31. The molecule has 0 fully saturated rings. The molecule has 0 radical (unpaired) electrons. The molecule has 2 nitrogen and oxygen atoms in total. The molecule has 1 unspecified atom stereocenters. The van der Waals surface area contributed by atoms with Crippen LogP contribution in [0.25, 0.3) is 0 Å². The van der Waals surface area contributed by atoms with E-state index in [4.69, 9.17) is 16.9 Å². The molecule has 0 aromatic heterocycles. The van der Waals surface area contributed by atoms with E-state index in [1.54, 1.807) is 6.07 Å². The van der Waals surface area contributed by atoms with Crippen LogP contribution in [0.5, 0.6) is 0 Å². The number of carbonyl (C=O) groups excluding carboxylic acids is 1. The zero-order valence-corrected chi connectivity index (χ0v) is 8.48. The van der Waals surface area contributed by atoms with Crippen molar-refractivity contribution in [2.75, 3.05) is 0 Å². The molecule has 1 aromatic rings. The summed E-state index contributed by atoms with van der Waals surface area (Å²) in [6.07, 6.45) is 0. The molecule has 1 atom stereocenters. The fraction of sp³-hybridized carbons (Fsp3) is 0.200. The second-order valence-corrected chi connectivity index (χ2v) is 3.37. The zero-order chi connectivity index (χ0) is 11.6. The topological polar surface area (TPSA) is 40.9 Å². The quantitative estimate of drug-likeness (QED) is 0.578. The summed E-state index contributed by atoms with van der Waals surface area (Å²) in [6, 6.07) is 3.07. The predicted octanol–water partition coefficient (Wildman–Crippen LogP) is 2.96. The lowest BCUT2D eigenvalue weighted by Crippen LogP contribution is -2.11. The number of Topliss-reactive ketones (excluding diaryl/α,β-unsaturated/α-hetero) is 1. The van der Waals surface area contributed by atoms with Crippen molar-refractivity contribution in [3.8, 4) is 6.07 Å². The second-order valence-electron chi connectivity index (χ2n) is 2.96. The molecule has 1 rings (SSSR count). The van der Waals surface area contributed by atoms with Crippen LogP contribution in [0.2, 0.25) is 5.02 Å². The van der Waals surface area contributed by atoms with Crippen LogP contribution >= 0.6 is 11.6 Å². The van der Waals surface area contributed by atoms with Gasteiger partial charge in [-0.25, -0.2) is 8.78 Å². The van der Waals surface area contributed by atoms with Gasteiger partial charge in [-0.15, -0.1) is 0 Å². The molecular formula is C10H6ClF2NO. The van der Waals surface area contributed by atoms with E-state index in [9.17, 15) is 13.6 Å². The summed E-state index contributed by atoms with van der Waals surface area (Å²) in [6.45, 7) is 1.31. The van der Waals surface area contributed by atoms with Crippen LogP contribution in [0.1, 0.15) is 17.3 Å². The molecule has 0 N–H and O–H groups in total. The molecule has 0 saturated heterocycles. The molecule has 0 bridgehead atoms. The Labute approximate surface area is 90.1 Å². The van der Waals surface area contributed by atoms with E-state index >= 15 is 0 Å². The molecule has 0 spiro atoms. The van der Waals surface area contributed by atoms with E-state index in [1.165, 1.54) is 6.92 Å². The summed E-state index contributed by atoms with van der Waals surface area (Å²) in [7, 11) is 0. The van der Waals surface area contributed by atoms with E-state index in [0.29, 0.717) is 12.1 Å². The Morgan fingerprint density at radius 1 is 1.47 bits per heavy atom. The average molecular weight is 230 g/mol. The third-order valence-electron chi connectivity index (χ3n) is 1.86. The van der Waals surface area contributed by atoms with Crippen LogP contribution < -0.4 is 0 Å². The SMILES string of the molecule is CC(C#N)C(=O)c1cc(F)c(Cl)cc1F. The maximum Gasteiger partial charge on any atom is 0.182 e. The van der Waals surface area contributed by atoms with Gasteiger partial charge in [-0.1, -0.05) is 11.6 Å². The number of hydrogen-bond acceptors (Lipinski definition) is 2. The molecule has 0 amide bonds. The number of rotatable bonds is 2. The highest BCUT2D eigenvalue weighted by molar-refractivity contribution is 6.30. The van der Waals surface area contributed by atoms with Crippen LogP contribution in [0, 0.1) is 28.9 Å². The van der Waals surface area contributed by atoms with Gasteiger partial charge in [-0.3, -0.25) is 4.79 Å². The maximum absolute atomic E-state index is 13.2. The van der Waals surface area contributed by atoms with Gasteiger partial charge in [0.05, 0.1) is 16.7 Å². The minimum absolute atomic E-state index is 0.395. The summed E-state index contributed by atoms with van der Waals surface area (Å²) in [5.41, 5.74) is -0.453. The van der Waals surface area contributed by atoms with E-state index in [2.05, 4.69) is 0 Å². The molecule has 5 heteroatoms. The van der Waals surface area contributed by atoms with Crippen molar-refractivity contribution in [2.45, 2.75) is 6.92 Å². The molecular weight excluding hydrogens is 224 g/mol. The van der Waals surface area contributed by atoms with Gasteiger partial charge in [0.25, 0.3) is 0 Å². The smallest absolute Gasteiger partial charge is 0.182 e. The second kappa shape index (κ2) is 4.37. The van der Waals surface area contributed by atoms with Gasteiger partial charge in [0.1, 0.15) is 17.6 Å². The van der Waals surface area contributed by atoms with Crippen molar-refractivity contribution in [1.82, 2.24) is 0 Å². The third-order valence-corrected chi connectivity index (χ3v) is 2.15. The monoisotopic (exact) mass is 229 g/mol. The minimum atomic E-state index is -1.01. The lowest BCUT2D eigenvalue weighted by atomic mass is 10.0. The van der Waals surface area contributed by atoms with Gasteiger partial charge in [-0.2, -0.15) is 5.26 Å². The maximum atomic E-state index is 13.2. The largest absolute Gasteiger partial charge is 0.293 e. The lowest BCUT2D eigenvalue weighted by molar-refractivity contribution is 0.0952. The first-order chi connectivity index (χ1) is 6.97. The van der Waals surface area contributed by atoms with Gasteiger partial charge in [0.15, 0.2) is 5.78 Å². The van der Waals surface area contributed by atoms with E-state index in [1.807, 2.05) is 0 Å². The zero-order valence-electron chi connectivity index (χ0n) is 7.72. The number of ketones is 1. The highest BCUT2D eigenvalue weighted by atomic mass is 35.5. The summed E-state index contributed by atoms with van der Waals surface area (Å²) in [5.74, 6) is -3.58. The van der Waals surface area contributed by atoms with Gasteiger partial charge >= 0.3 is 0 Å². The fourth-order valence-corrected chi connectivity index (χ4v) is 1.15. The van der Waals surface area contributed by atoms with Crippen LogP contribution in [-0.4, -0.2) is 5.78 Å². The molecule has 0 aliphatic rings. The van der Waals surface area contributed by atoms with E-state index < -0.39 is 33.9 Å². The standard InChI is InChI=1S/C10H6ClF2NO/c1-5(4-14)10(15)6-2-9(13)7(11)3-8(6)12/h2-3,5H,1H3. The molecule has 15 heavy (non-hydrogen) atoms. The number of nitriles is 1. The van der Waals surface area contributed by atoms with Crippen molar-refractivity contribution in [3.63, 3.8) is 0 Å². The van der Waals surface area contributed by atoms with Crippen LogP contribution in [0.4, 0.5) is 8.78 Å². The average Bonchev–Trinajstić information content (AvgIpc) is 2.21. The number of hydrogen-bond donors (Lipinski definition) is 0. The molecule has 0 heterocycles. The number of benzene rings is 1. The Hall–Kier alpha value is -1.47. The van der Waals surface area contributed by atoms with Crippen molar-refractivity contribution in [1.29, 1.82) is 5.26 Å². The first kappa shape index (κ1) is 11.6. The highest BCUT2D eigenvalue weighted by Crippen LogP contribution is 2.21. The van der Waals surface area contributed by atoms with Crippen molar-refractivity contribution in [2.24, 2.45) is 5.92 Å². The molecule has 78 valence electrons. The Morgan fingerprint density at radius 2 is 2.07 bits per heavy atom. The summed E-state index contributed by atoms with van der Waals surface area (Å²) < 4.78 is 26.1.